The molecule has 0 aliphatic rings. The second-order valence-corrected chi connectivity index (χ2v) is 4.58. The van der Waals surface area contributed by atoms with E-state index in [4.69, 9.17) is 22.1 Å². The Morgan fingerprint density at radius 3 is 2.50 bits per heavy atom. The van der Waals surface area contributed by atoms with Crippen LogP contribution in [0.1, 0.15) is 16.7 Å². The lowest BCUT2D eigenvalue weighted by Crippen LogP contribution is -1.98. The van der Waals surface area contributed by atoms with Gasteiger partial charge in [0.15, 0.2) is 0 Å². The van der Waals surface area contributed by atoms with Crippen LogP contribution in [-0.2, 0) is 0 Å². The SMILES string of the molecule is Cc1cc(C)c(C)c(Oc2cc(Cl)nc(N)n2)c1. The molecule has 94 valence electrons. The van der Waals surface area contributed by atoms with Crippen molar-refractivity contribution in [1.29, 1.82) is 0 Å². The van der Waals surface area contributed by atoms with Gasteiger partial charge in [-0.3, -0.25) is 0 Å². The molecule has 0 amide bonds. The van der Waals surface area contributed by atoms with Gasteiger partial charge in [0.25, 0.3) is 0 Å². The van der Waals surface area contributed by atoms with E-state index in [-0.39, 0.29) is 11.1 Å². The second kappa shape index (κ2) is 4.82. The van der Waals surface area contributed by atoms with Crippen molar-refractivity contribution in [2.24, 2.45) is 0 Å². The number of ether oxygens (including phenoxy) is 1. The van der Waals surface area contributed by atoms with Gasteiger partial charge in [-0.1, -0.05) is 17.7 Å². The highest BCUT2D eigenvalue weighted by Gasteiger charge is 2.08. The third-order valence-electron chi connectivity index (χ3n) is 2.67. The number of hydrogen-bond donors (Lipinski definition) is 1. The minimum Gasteiger partial charge on any atom is -0.439 e. The summed E-state index contributed by atoms with van der Waals surface area (Å²) in [5.41, 5.74) is 8.88. The summed E-state index contributed by atoms with van der Waals surface area (Å²) < 4.78 is 5.72. The molecule has 18 heavy (non-hydrogen) atoms. The van der Waals surface area contributed by atoms with Crippen molar-refractivity contribution in [2.75, 3.05) is 5.73 Å². The summed E-state index contributed by atoms with van der Waals surface area (Å²) in [5.74, 6) is 1.20. The number of nitrogens with zero attached hydrogens (tertiary/aromatic N) is 2. The molecule has 0 aliphatic heterocycles. The van der Waals surface area contributed by atoms with E-state index in [2.05, 4.69) is 16.0 Å². The summed E-state index contributed by atoms with van der Waals surface area (Å²) in [7, 11) is 0. The van der Waals surface area contributed by atoms with E-state index < -0.39 is 0 Å². The van der Waals surface area contributed by atoms with Crippen molar-refractivity contribution in [1.82, 2.24) is 9.97 Å². The Morgan fingerprint density at radius 2 is 1.83 bits per heavy atom. The Hall–Kier alpha value is -1.81. The van der Waals surface area contributed by atoms with Crippen molar-refractivity contribution in [2.45, 2.75) is 20.8 Å². The summed E-state index contributed by atoms with van der Waals surface area (Å²) in [5, 5.41) is 0.263. The van der Waals surface area contributed by atoms with Crippen molar-refractivity contribution >= 4 is 17.5 Å². The molecule has 0 atom stereocenters. The Kier molecular flexibility index (Phi) is 3.39. The standard InChI is InChI=1S/C13H14ClN3O/c1-7-4-8(2)9(3)10(5-7)18-12-6-11(14)16-13(15)17-12/h4-6H,1-3H3,(H2,15,16,17). The maximum atomic E-state index is 5.81. The molecule has 5 heteroatoms. The third kappa shape index (κ3) is 2.71. The average molecular weight is 264 g/mol. The Labute approximate surface area is 111 Å². The van der Waals surface area contributed by atoms with Crippen LogP contribution in [0.25, 0.3) is 0 Å². The number of nitrogens with two attached hydrogens (primary N) is 1. The number of anilines is 1. The smallest absolute Gasteiger partial charge is 0.225 e. The molecule has 0 unspecified atom stereocenters. The van der Waals surface area contributed by atoms with Gasteiger partial charge < -0.3 is 10.5 Å². The molecule has 2 rings (SSSR count). The van der Waals surface area contributed by atoms with E-state index in [0.29, 0.717) is 5.88 Å². The van der Waals surface area contributed by atoms with Crippen LogP contribution in [0, 0.1) is 20.8 Å². The van der Waals surface area contributed by atoms with E-state index >= 15 is 0 Å². The lowest BCUT2D eigenvalue weighted by atomic mass is 10.1. The zero-order valence-electron chi connectivity index (χ0n) is 10.5. The van der Waals surface area contributed by atoms with Gasteiger partial charge in [-0.2, -0.15) is 4.98 Å². The number of benzene rings is 1. The molecule has 0 saturated heterocycles. The van der Waals surface area contributed by atoms with Crippen LogP contribution >= 0.6 is 11.6 Å². The predicted octanol–water partition coefficient (Wildman–Crippen LogP) is 3.43. The van der Waals surface area contributed by atoms with E-state index in [9.17, 15) is 0 Å². The number of nitrogen functional groups attached to an aromatic ring is 1. The summed E-state index contributed by atoms with van der Waals surface area (Å²) in [6.45, 7) is 6.05. The molecule has 0 saturated carbocycles. The first kappa shape index (κ1) is 12.6. The van der Waals surface area contributed by atoms with Crippen LogP contribution in [0.4, 0.5) is 5.95 Å². The lowest BCUT2D eigenvalue weighted by Gasteiger charge is -2.11. The maximum Gasteiger partial charge on any atom is 0.225 e. The molecular formula is C13H14ClN3O. The number of aryl methyl sites for hydroxylation is 2. The van der Waals surface area contributed by atoms with Crippen molar-refractivity contribution < 1.29 is 4.74 Å². The Bertz CT molecular complexity index is 579. The molecule has 0 bridgehead atoms. The van der Waals surface area contributed by atoms with Crippen molar-refractivity contribution in [3.8, 4) is 11.6 Å². The first-order valence-corrected chi connectivity index (χ1v) is 5.89. The molecule has 0 spiro atoms. The first-order chi connectivity index (χ1) is 8.45. The van der Waals surface area contributed by atoms with Gasteiger partial charge in [0.1, 0.15) is 10.9 Å². The first-order valence-electron chi connectivity index (χ1n) is 5.51. The highest BCUT2D eigenvalue weighted by Crippen LogP contribution is 2.28. The lowest BCUT2D eigenvalue weighted by molar-refractivity contribution is 0.458. The molecular weight excluding hydrogens is 250 g/mol. The molecule has 1 aromatic carbocycles. The van der Waals surface area contributed by atoms with E-state index in [0.717, 1.165) is 22.4 Å². The monoisotopic (exact) mass is 263 g/mol. The second-order valence-electron chi connectivity index (χ2n) is 4.19. The molecule has 2 N–H and O–H groups in total. The summed E-state index contributed by atoms with van der Waals surface area (Å²) in [4.78, 5) is 7.78. The Morgan fingerprint density at radius 1 is 1.11 bits per heavy atom. The molecule has 2 aromatic rings. The molecule has 0 fully saturated rings. The van der Waals surface area contributed by atoms with Crippen LogP contribution in [-0.4, -0.2) is 9.97 Å². The topological polar surface area (TPSA) is 61.0 Å². The van der Waals surface area contributed by atoms with Gasteiger partial charge in [-0.25, -0.2) is 4.98 Å². The van der Waals surface area contributed by atoms with Gasteiger partial charge in [0, 0.05) is 6.07 Å². The summed E-state index contributed by atoms with van der Waals surface area (Å²) in [6.07, 6.45) is 0. The number of hydrogen-bond acceptors (Lipinski definition) is 4. The van der Waals surface area contributed by atoms with Gasteiger partial charge >= 0.3 is 0 Å². The highest BCUT2D eigenvalue weighted by molar-refractivity contribution is 6.29. The largest absolute Gasteiger partial charge is 0.439 e. The summed E-state index contributed by atoms with van der Waals surface area (Å²) in [6, 6.07) is 5.59. The fraction of sp³-hybridized carbons (Fsp3) is 0.231. The zero-order chi connectivity index (χ0) is 13.3. The summed E-state index contributed by atoms with van der Waals surface area (Å²) >= 11 is 5.81. The molecule has 1 aromatic heterocycles. The highest BCUT2D eigenvalue weighted by atomic mass is 35.5. The average Bonchev–Trinajstić information content (AvgIpc) is 2.23. The minimum absolute atomic E-state index is 0.0968. The number of rotatable bonds is 2. The minimum atomic E-state index is 0.0968. The number of halogens is 1. The molecule has 0 radical (unpaired) electrons. The zero-order valence-corrected chi connectivity index (χ0v) is 11.2. The molecule has 0 aliphatic carbocycles. The Balaban J connectivity index is 2.39. The predicted molar refractivity (Wildman–Crippen MR) is 72.2 cm³/mol. The van der Waals surface area contributed by atoms with Crippen LogP contribution < -0.4 is 10.5 Å². The van der Waals surface area contributed by atoms with Gasteiger partial charge in [0.2, 0.25) is 11.8 Å². The van der Waals surface area contributed by atoms with Gasteiger partial charge in [-0.05, 0) is 43.5 Å². The van der Waals surface area contributed by atoms with E-state index in [1.165, 1.54) is 6.07 Å². The van der Waals surface area contributed by atoms with Crippen LogP contribution in [0.5, 0.6) is 11.6 Å². The third-order valence-corrected chi connectivity index (χ3v) is 2.86. The van der Waals surface area contributed by atoms with Gasteiger partial charge in [-0.15, -0.1) is 0 Å². The fourth-order valence-corrected chi connectivity index (χ4v) is 1.87. The van der Waals surface area contributed by atoms with E-state index in [1.54, 1.807) is 0 Å². The van der Waals surface area contributed by atoms with Crippen molar-refractivity contribution in [3.05, 3.63) is 40.0 Å². The van der Waals surface area contributed by atoms with Crippen LogP contribution in [0.2, 0.25) is 5.15 Å². The maximum absolute atomic E-state index is 5.81. The van der Waals surface area contributed by atoms with Crippen LogP contribution in [0.15, 0.2) is 18.2 Å². The van der Waals surface area contributed by atoms with Crippen molar-refractivity contribution in [3.63, 3.8) is 0 Å². The van der Waals surface area contributed by atoms with Crippen LogP contribution in [0.3, 0.4) is 0 Å². The van der Waals surface area contributed by atoms with Gasteiger partial charge in [0.05, 0.1) is 0 Å². The molecule has 4 nitrogen and oxygen atoms in total. The normalized spacial score (nSPS) is 10.4. The number of aromatic nitrogens is 2. The molecule has 1 heterocycles. The van der Waals surface area contributed by atoms with E-state index in [1.807, 2.05) is 26.8 Å². The fourth-order valence-electron chi connectivity index (χ4n) is 1.69. The quantitative estimate of drug-likeness (QED) is 0.844.